The van der Waals surface area contributed by atoms with E-state index in [0.717, 1.165) is 8.79 Å². The Bertz CT molecular complexity index is 357. The highest BCUT2D eigenvalue weighted by molar-refractivity contribution is 9.11. The van der Waals surface area contributed by atoms with Crippen LogP contribution < -0.4 is 4.90 Å². The molecule has 1 amide bonds. The van der Waals surface area contributed by atoms with Crippen LogP contribution in [0.4, 0.5) is 9.80 Å². The first-order valence-corrected chi connectivity index (χ1v) is 6.12. The minimum Gasteiger partial charge on any atom is -0.443 e. The Balaban J connectivity index is 2.69. The Morgan fingerprint density at radius 3 is 2.47 bits per heavy atom. The van der Waals surface area contributed by atoms with Gasteiger partial charge in [-0.3, -0.25) is 4.90 Å². The van der Waals surface area contributed by atoms with Gasteiger partial charge in [0.1, 0.15) is 10.6 Å². The molecule has 1 aromatic heterocycles. The fourth-order valence-electron chi connectivity index (χ4n) is 0.905. The minimum absolute atomic E-state index is 0.336. The number of amides is 1. The van der Waals surface area contributed by atoms with Gasteiger partial charge in [-0.1, -0.05) is 0 Å². The highest BCUT2D eigenvalue weighted by Crippen LogP contribution is 2.29. The molecule has 0 unspecified atom stereocenters. The topological polar surface area (TPSA) is 29.5 Å². The zero-order valence-electron chi connectivity index (χ0n) is 9.20. The summed E-state index contributed by atoms with van der Waals surface area (Å²) >= 11 is 4.84. The van der Waals surface area contributed by atoms with Crippen LogP contribution in [0, 0.1) is 0 Å². The molecule has 0 saturated heterocycles. The molecule has 3 nitrogen and oxygen atoms in total. The lowest BCUT2D eigenvalue weighted by Crippen LogP contribution is -2.33. The van der Waals surface area contributed by atoms with E-state index in [2.05, 4.69) is 15.9 Å². The summed E-state index contributed by atoms with van der Waals surface area (Å²) in [6.45, 7) is 5.55. The van der Waals surface area contributed by atoms with E-state index in [4.69, 9.17) is 4.74 Å². The van der Waals surface area contributed by atoms with Gasteiger partial charge in [0.25, 0.3) is 0 Å². The van der Waals surface area contributed by atoms with Gasteiger partial charge in [-0.05, 0) is 48.8 Å². The zero-order valence-corrected chi connectivity index (χ0v) is 11.6. The largest absolute Gasteiger partial charge is 0.443 e. The predicted molar refractivity (Wildman–Crippen MR) is 66.7 cm³/mol. The number of thiophene rings is 1. The van der Waals surface area contributed by atoms with E-state index >= 15 is 0 Å². The maximum Gasteiger partial charge on any atom is 0.415 e. The second kappa shape index (κ2) is 4.53. The van der Waals surface area contributed by atoms with E-state index in [9.17, 15) is 4.79 Å². The third kappa shape index (κ3) is 3.83. The van der Waals surface area contributed by atoms with E-state index in [1.165, 1.54) is 16.2 Å². The fraction of sp³-hybridized carbons (Fsp3) is 0.500. The van der Waals surface area contributed by atoms with Gasteiger partial charge in [0.2, 0.25) is 0 Å². The van der Waals surface area contributed by atoms with Crippen molar-refractivity contribution in [1.82, 2.24) is 0 Å². The van der Waals surface area contributed by atoms with Crippen molar-refractivity contribution in [2.24, 2.45) is 0 Å². The third-order valence-electron chi connectivity index (χ3n) is 1.56. The predicted octanol–water partition coefficient (Wildman–Crippen LogP) is 3.88. The molecular formula is C10H14BrNO2S. The quantitative estimate of drug-likeness (QED) is 0.786. The average molecular weight is 292 g/mol. The van der Waals surface area contributed by atoms with Crippen LogP contribution in [-0.2, 0) is 4.74 Å². The summed E-state index contributed by atoms with van der Waals surface area (Å²) in [5.74, 6) is 0. The van der Waals surface area contributed by atoms with Crippen LogP contribution in [0.3, 0.4) is 0 Å². The van der Waals surface area contributed by atoms with Crippen molar-refractivity contribution in [3.05, 3.63) is 15.9 Å². The van der Waals surface area contributed by atoms with Crippen molar-refractivity contribution in [2.45, 2.75) is 26.4 Å². The Kier molecular flexibility index (Phi) is 3.78. The fourth-order valence-corrected chi connectivity index (χ4v) is 2.22. The van der Waals surface area contributed by atoms with Crippen LogP contribution in [0.25, 0.3) is 0 Å². The first-order valence-electron chi connectivity index (χ1n) is 4.51. The van der Waals surface area contributed by atoms with E-state index in [1.54, 1.807) is 7.05 Å². The Morgan fingerprint density at radius 2 is 2.07 bits per heavy atom. The lowest BCUT2D eigenvalue weighted by molar-refractivity contribution is 0.0590. The summed E-state index contributed by atoms with van der Waals surface area (Å²) in [4.78, 5) is 13.2. The van der Waals surface area contributed by atoms with Crippen molar-refractivity contribution < 1.29 is 9.53 Å². The molecule has 1 aromatic rings. The highest BCUT2D eigenvalue weighted by atomic mass is 79.9. The molecule has 0 aliphatic carbocycles. The number of halogens is 1. The third-order valence-corrected chi connectivity index (χ3v) is 3.26. The standard InChI is InChI=1S/C10H14BrNO2S/c1-10(2,3)14-9(13)12(4)8-6-5-7(11)15-8/h5-6H,1-4H3. The number of rotatable bonds is 1. The Hall–Kier alpha value is -0.550. The lowest BCUT2D eigenvalue weighted by Gasteiger charge is -2.23. The summed E-state index contributed by atoms with van der Waals surface area (Å²) in [5, 5.41) is 0.858. The second-order valence-corrected chi connectivity index (χ2v) is 6.56. The van der Waals surface area contributed by atoms with E-state index in [0.29, 0.717) is 0 Å². The molecule has 15 heavy (non-hydrogen) atoms. The van der Waals surface area contributed by atoms with Gasteiger partial charge >= 0.3 is 6.09 Å². The Morgan fingerprint density at radius 1 is 1.47 bits per heavy atom. The van der Waals surface area contributed by atoms with E-state index in [-0.39, 0.29) is 6.09 Å². The summed E-state index contributed by atoms with van der Waals surface area (Å²) in [6.07, 6.45) is -0.336. The van der Waals surface area contributed by atoms with Gasteiger partial charge in [-0.15, -0.1) is 11.3 Å². The number of carbonyl (C=O) groups excluding carboxylic acids is 1. The molecule has 0 bridgehead atoms. The molecule has 0 saturated carbocycles. The maximum absolute atomic E-state index is 11.7. The molecule has 84 valence electrons. The molecule has 0 aliphatic heterocycles. The smallest absolute Gasteiger partial charge is 0.415 e. The normalized spacial score (nSPS) is 11.3. The molecule has 0 fully saturated rings. The molecule has 0 aromatic carbocycles. The number of anilines is 1. The molecule has 5 heteroatoms. The summed E-state index contributed by atoms with van der Waals surface area (Å²) in [5.41, 5.74) is -0.458. The minimum atomic E-state index is -0.458. The zero-order chi connectivity index (χ0) is 11.6. The molecule has 0 atom stereocenters. The number of ether oxygens (including phenoxy) is 1. The van der Waals surface area contributed by atoms with Gasteiger partial charge in [0, 0.05) is 7.05 Å². The van der Waals surface area contributed by atoms with Crippen molar-refractivity contribution in [3.8, 4) is 0 Å². The monoisotopic (exact) mass is 291 g/mol. The first kappa shape index (κ1) is 12.5. The van der Waals surface area contributed by atoms with Crippen LogP contribution in [0.15, 0.2) is 15.9 Å². The average Bonchev–Trinajstić information content (AvgIpc) is 2.47. The molecule has 1 heterocycles. The molecule has 0 N–H and O–H groups in total. The van der Waals surface area contributed by atoms with Crippen molar-refractivity contribution in [1.29, 1.82) is 0 Å². The SMILES string of the molecule is CN(C(=O)OC(C)(C)C)c1ccc(Br)s1. The summed E-state index contributed by atoms with van der Waals surface area (Å²) in [7, 11) is 1.70. The van der Waals surface area contributed by atoms with Crippen molar-refractivity contribution in [3.63, 3.8) is 0 Å². The van der Waals surface area contributed by atoms with Crippen molar-refractivity contribution >= 4 is 38.4 Å². The number of carbonyl (C=O) groups is 1. The Labute approximate surface area is 102 Å². The van der Waals surface area contributed by atoms with Gasteiger partial charge < -0.3 is 4.74 Å². The van der Waals surface area contributed by atoms with Crippen LogP contribution in [0.2, 0.25) is 0 Å². The van der Waals surface area contributed by atoms with E-state index < -0.39 is 5.60 Å². The summed E-state index contributed by atoms with van der Waals surface area (Å²) in [6, 6.07) is 3.78. The molecule has 0 aliphatic rings. The summed E-state index contributed by atoms with van der Waals surface area (Å²) < 4.78 is 6.23. The second-order valence-electron chi connectivity index (χ2n) is 4.12. The molecule has 1 rings (SSSR count). The van der Waals surface area contributed by atoms with Crippen LogP contribution in [-0.4, -0.2) is 18.7 Å². The lowest BCUT2D eigenvalue weighted by atomic mass is 10.2. The van der Waals surface area contributed by atoms with Gasteiger partial charge in [0.05, 0.1) is 3.79 Å². The number of hydrogen-bond acceptors (Lipinski definition) is 3. The van der Waals surface area contributed by atoms with Gasteiger partial charge in [-0.2, -0.15) is 0 Å². The molecular weight excluding hydrogens is 278 g/mol. The number of hydrogen-bond donors (Lipinski definition) is 0. The first-order chi connectivity index (χ1) is 6.79. The van der Waals surface area contributed by atoms with Crippen molar-refractivity contribution in [2.75, 3.05) is 11.9 Å². The highest BCUT2D eigenvalue weighted by Gasteiger charge is 2.21. The van der Waals surface area contributed by atoms with Crippen LogP contribution in [0.1, 0.15) is 20.8 Å². The van der Waals surface area contributed by atoms with E-state index in [1.807, 2.05) is 32.9 Å². The van der Waals surface area contributed by atoms with Crippen LogP contribution in [0.5, 0.6) is 0 Å². The maximum atomic E-state index is 11.7. The number of nitrogens with zero attached hydrogens (tertiary/aromatic N) is 1. The van der Waals surface area contributed by atoms with Gasteiger partial charge in [0.15, 0.2) is 0 Å². The molecule has 0 radical (unpaired) electrons. The van der Waals surface area contributed by atoms with Crippen LogP contribution >= 0.6 is 27.3 Å². The van der Waals surface area contributed by atoms with Gasteiger partial charge in [-0.25, -0.2) is 4.79 Å². The molecule has 0 spiro atoms.